The normalized spacial score (nSPS) is 10.2. The quantitative estimate of drug-likeness (QED) is 0.655. The summed E-state index contributed by atoms with van der Waals surface area (Å²) in [5.74, 6) is -0.146. The first-order valence-electron chi connectivity index (χ1n) is 5.10. The molecule has 0 unspecified atom stereocenters. The number of hydrogen-bond acceptors (Lipinski definition) is 3. The van der Waals surface area contributed by atoms with E-state index in [2.05, 4.69) is 4.98 Å². The third kappa shape index (κ3) is 2.29. The van der Waals surface area contributed by atoms with E-state index in [0.717, 1.165) is 5.56 Å². The second kappa shape index (κ2) is 4.55. The molecule has 0 spiro atoms. The van der Waals surface area contributed by atoms with Crippen LogP contribution in [0.3, 0.4) is 0 Å². The van der Waals surface area contributed by atoms with Gasteiger partial charge in [0.25, 0.3) is 0 Å². The average molecular weight is 247 g/mol. The van der Waals surface area contributed by atoms with E-state index in [-0.39, 0.29) is 5.78 Å². The van der Waals surface area contributed by atoms with Gasteiger partial charge in [-0.1, -0.05) is 11.6 Å². The smallest absolute Gasteiger partial charge is 0.195 e. The number of pyridine rings is 1. The number of anilines is 1. The summed E-state index contributed by atoms with van der Waals surface area (Å²) in [7, 11) is 0. The Morgan fingerprint density at radius 1 is 1.29 bits per heavy atom. The van der Waals surface area contributed by atoms with Crippen LogP contribution in [0.15, 0.2) is 36.7 Å². The highest BCUT2D eigenvalue weighted by molar-refractivity contribution is 6.32. The monoisotopic (exact) mass is 246 g/mol. The van der Waals surface area contributed by atoms with Crippen molar-refractivity contribution in [3.8, 4) is 0 Å². The van der Waals surface area contributed by atoms with E-state index in [4.69, 9.17) is 17.3 Å². The standard InChI is InChI=1S/C13H11ClN2O/c1-8-6-12(15)10(7-11(8)14)13(17)9-2-4-16-5-3-9/h2-7H,15H2,1H3. The lowest BCUT2D eigenvalue weighted by Crippen LogP contribution is -2.06. The Morgan fingerprint density at radius 2 is 1.94 bits per heavy atom. The highest BCUT2D eigenvalue weighted by Crippen LogP contribution is 2.24. The van der Waals surface area contributed by atoms with Gasteiger partial charge in [0.05, 0.1) is 0 Å². The van der Waals surface area contributed by atoms with Gasteiger partial charge in [0.2, 0.25) is 0 Å². The molecular formula is C13H11ClN2O. The first kappa shape index (κ1) is 11.6. The van der Waals surface area contributed by atoms with Crippen molar-refractivity contribution in [2.24, 2.45) is 0 Å². The van der Waals surface area contributed by atoms with E-state index in [1.165, 1.54) is 0 Å². The van der Waals surface area contributed by atoms with Gasteiger partial charge in [0.1, 0.15) is 0 Å². The number of aryl methyl sites for hydroxylation is 1. The third-order valence-corrected chi connectivity index (χ3v) is 2.93. The zero-order valence-corrected chi connectivity index (χ0v) is 10.0. The highest BCUT2D eigenvalue weighted by atomic mass is 35.5. The van der Waals surface area contributed by atoms with Gasteiger partial charge in [-0.3, -0.25) is 9.78 Å². The lowest BCUT2D eigenvalue weighted by molar-refractivity contribution is 0.103. The minimum Gasteiger partial charge on any atom is -0.398 e. The Balaban J connectivity index is 2.48. The first-order valence-corrected chi connectivity index (χ1v) is 5.47. The molecule has 0 aliphatic rings. The molecule has 0 amide bonds. The van der Waals surface area contributed by atoms with Crippen LogP contribution in [0.2, 0.25) is 5.02 Å². The predicted octanol–water partition coefficient (Wildman–Crippen LogP) is 2.86. The Morgan fingerprint density at radius 3 is 2.59 bits per heavy atom. The third-order valence-electron chi connectivity index (χ3n) is 2.52. The minimum absolute atomic E-state index is 0.146. The van der Waals surface area contributed by atoms with Gasteiger partial charge in [-0.15, -0.1) is 0 Å². The van der Waals surface area contributed by atoms with Crippen LogP contribution >= 0.6 is 11.6 Å². The molecule has 17 heavy (non-hydrogen) atoms. The molecule has 86 valence electrons. The molecule has 2 rings (SSSR count). The van der Waals surface area contributed by atoms with Crippen LogP contribution in [0.4, 0.5) is 5.69 Å². The van der Waals surface area contributed by atoms with Crippen LogP contribution in [0.1, 0.15) is 21.5 Å². The van der Waals surface area contributed by atoms with Gasteiger partial charge in [0.15, 0.2) is 5.78 Å². The molecule has 0 radical (unpaired) electrons. The average Bonchev–Trinajstić information content (AvgIpc) is 2.34. The predicted molar refractivity (Wildman–Crippen MR) is 68.3 cm³/mol. The van der Waals surface area contributed by atoms with Crippen molar-refractivity contribution in [3.05, 3.63) is 58.4 Å². The zero-order valence-electron chi connectivity index (χ0n) is 9.27. The molecule has 0 bridgehead atoms. The molecule has 0 saturated carbocycles. The molecule has 3 nitrogen and oxygen atoms in total. The number of benzene rings is 1. The van der Waals surface area contributed by atoms with Crippen LogP contribution in [0, 0.1) is 6.92 Å². The Labute approximate surface area is 104 Å². The number of aromatic nitrogens is 1. The van der Waals surface area contributed by atoms with E-state index in [0.29, 0.717) is 21.8 Å². The topological polar surface area (TPSA) is 56.0 Å². The largest absolute Gasteiger partial charge is 0.398 e. The highest BCUT2D eigenvalue weighted by Gasteiger charge is 2.13. The molecule has 1 heterocycles. The van der Waals surface area contributed by atoms with Gasteiger partial charge in [-0.05, 0) is 36.8 Å². The molecular weight excluding hydrogens is 236 g/mol. The Kier molecular flexibility index (Phi) is 3.11. The number of halogens is 1. The number of carbonyl (C=O) groups excluding carboxylic acids is 1. The molecule has 0 atom stereocenters. The number of hydrogen-bond donors (Lipinski definition) is 1. The second-order valence-corrected chi connectivity index (χ2v) is 4.16. The second-order valence-electron chi connectivity index (χ2n) is 3.75. The maximum atomic E-state index is 12.2. The molecule has 2 aromatic rings. The fourth-order valence-corrected chi connectivity index (χ4v) is 1.72. The van der Waals surface area contributed by atoms with Crippen molar-refractivity contribution in [1.29, 1.82) is 0 Å². The fourth-order valence-electron chi connectivity index (χ4n) is 1.56. The summed E-state index contributed by atoms with van der Waals surface area (Å²) in [4.78, 5) is 16.0. The first-order chi connectivity index (χ1) is 8.09. The summed E-state index contributed by atoms with van der Waals surface area (Å²) in [6.07, 6.45) is 3.14. The van der Waals surface area contributed by atoms with Gasteiger partial charge < -0.3 is 5.73 Å². The van der Waals surface area contributed by atoms with E-state index in [1.807, 2.05) is 6.92 Å². The summed E-state index contributed by atoms with van der Waals surface area (Å²) in [6.45, 7) is 1.85. The summed E-state index contributed by atoms with van der Waals surface area (Å²) in [5, 5.41) is 0.539. The fraction of sp³-hybridized carbons (Fsp3) is 0.0769. The SMILES string of the molecule is Cc1cc(N)c(C(=O)c2ccncc2)cc1Cl. The summed E-state index contributed by atoms with van der Waals surface area (Å²) in [5.41, 5.74) is 8.10. The lowest BCUT2D eigenvalue weighted by atomic mass is 10.0. The molecule has 1 aromatic carbocycles. The van der Waals surface area contributed by atoms with E-state index in [1.54, 1.807) is 36.7 Å². The van der Waals surface area contributed by atoms with E-state index in [9.17, 15) is 4.79 Å². The van der Waals surface area contributed by atoms with Gasteiger partial charge in [-0.25, -0.2) is 0 Å². The Bertz CT molecular complexity index is 567. The molecule has 0 saturated heterocycles. The van der Waals surface area contributed by atoms with Crippen molar-refractivity contribution < 1.29 is 4.79 Å². The summed E-state index contributed by atoms with van der Waals surface area (Å²) in [6, 6.07) is 6.61. The van der Waals surface area contributed by atoms with E-state index >= 15 is 0 Å². The molecule has 0 fully saturated rings. The van der Waals surface area contributed by atoms with Crippen molar-refractivity contribution >= 4 is 23.1 Å². The molecule has 0 aliphatic heterocycles. The minimum atomic E-state index is -0.146. The molecule has 1 aromatic heterocycles. The number of carbonyl (C=O) groups is 1. The lowest BCUT2D eigenvalue weighted by Gasteiger charge is -2.07. The zero-order chi connectivity index (χ0) is 12.4. The molecule has 4 heteroatoms. The van der Waals surface area contributed by atoms with Crippen molar-refractivity contribution in [1.82, 2.24) is 4.98 Å². The van der Waals surface area contributed by atoms with Crippen LogP contribution in [-0.4, -0.2) is 10.8 Å². The van der Waals surface area contributed by atoms with Crippen LogP contribution in [0.25, 0.3) is 0 Å². The number of ketones is 1. The van der Waals surface area contributed by atoms with E-state index < -0.39 is 0 Å². The number of nitrogen functional groups attached to an aromatic ring is 1. The maximum Gasteiger partial charge on any atom is 0.195 e. The molecule has 0 aliphatic carbocycles. The van der Waals surface area contributed by atoms with Crippen LogP contribution in [-0.2, 0) is 0 Å². The van der Waals surface area contributed by atoms with Gasteiger partial charge >= 0.3 is 0 Å². The summed E-state index contributed by atoms with van der Waals surface area (Å²) < 4.78 is 0. The molecule has 2 N–H and O–H groups in total. The maximum absolute atomic E-state index is 12.2. The van der Waals surface area contributed by atoms with Crippen molar-refractivity contribution in [3.63, 3.8) is 0 Å². The van der Waals surface area contributed by atoms with Crippen molar-refractivity contribution in [2.45, 2.75) is 6.92 Å². The Hall–Kier alpha value is -1.87. The summed E-state index contributed by atoms with van der Waals surface area (Å²) >= 11 is 6.00. The number of nitrogens with zero attached hydrogens (tertiary/aromatic N) is 1. The number of nitrogens with two attached hydrogens (primary N) is 1. The number of rotatable bonds is 2. The van der Waals surface area contributed by atoms with Crippen LogP contribution in [0.5, 0.6) is 0 Å². The van der Waals surface area contributed by atoms with Gasteiger partial charge in [-0.2, -0.15) is 0 Å². The van der Waals surface area contributed by atoms with Gasteiger partial charge in [0, 0.05) is 34.2 Å². The van der Waals surface area contributed by atoms with Crippen molar-refractivity contribution in [2.75, 3.05) is 5.73 Å². The van der Waals surface area contributed by atoms with Crippen LogP contribution < -0.4 is 5.73 Å².